The highest BCUT2D eigenvalue weighted by molar-refractivity contribution is 7.99. The number of benzene rings is 1. The molecule has 9 heteroatoms. The molecule has 0 aliphatic heterocycles. The summed E-state index contributed by atoms with van der Waals surface area (Å²) in [5.41, 5.74) is 5.07. The van der Waals surface area contributed by atoms with Crippen molar-refractivity contribution in [3.05, 3.63) is 51.2 Å². The molecule has 3 heterocycles. The summed E-state index contributed by atoms with van der Waals surface area (Å²) in [5, 5.41) is 24.6. The first-order chi connectivity index (χ1) is 15.5. The number of hydrogen-bond acceptors (Lipinski definition) is 7. The Labute approximate surface area is 198 Å². The van der Waals surface area contributed by atoms with Crippen molar-refractivity contribution in [1.82, 2.24) is 14.6 Å². The van der Waals surface area contributed by atoms with E-state index in [1.165, 1.54) is 33.5 Å². The van der Waals surface area contributed by atoms with E-state index in [4.69, 9.17) is 0 Å². The summed E-state index contributed by atoms with van der Waals surface area (Å²) in [7, 11) is 0. The number of amides is 1. The van der Waals surface area contributed by atoms with Crippen LogP contribution in [0.15, 0.2) is 34.8 Å². The smallest absolute Gasteiger partial charge is 0.235 e. The first-order valence-corrected chi connectivity index (χ1v) is 13.1. The van der Waals surface area contributed by atoms with Gasteiger partial charge in [0.25, 0.3) is 0 Å². The van der Waals surface area contributed by atoms with E-state index in [-0.39, 0.29) is 11.7 Å². The second-order valence-electron chi connectivity index (χ2n) is 8.09. The number of nitrogens with one attached hydrogen (secondary N) is 1. The van der Waals surface area contributed by atoms with Gasteiger partial charge in [0.15, 0.2) is 5.16 Å². The molecule has 0 saturated carbocycles. The summed E-state index contributed by atoms with van der Waals surface area (Å²) in [6.07, 6.45) is 2.99. The molecule has 32 heavy (non-hydrogen) atoms. The molecular formula is C23H21N5OS3. The number of hydrogen-bond donors (Lipinski definition) is 1. The average Bonchev–Trinajstić information content (AvgIpc) is 3.46. The summed E-state index contributed by atoms with van der Waals surface area (Å²) < 4.78 is 2.00. The van der Waals surface area contributed by atoms with Crippen LogP contribution in [0.1, 0.15) is 34.9 Å². The van der Waals surface area contributed by atoms with Crippen molar-refractivity contribution in [3.8, 4) is 17.3 Å². The molecule has 1 atom stereocenters. The molecule has 162 valence electrons. The number of thioether (sulfide) groups is 1. The maximum absolute atomic E-state index is 12.7. The molecule has 1 N–H and O–H groups in total. The van der Waals surface area contributed by atoms with Gasteiger partial charge < -0.3 is 5.32 Å². The fraction of sp³-hybridized carbons (Fsp3) is 0.304. The lowest BCUT2D eigenvalue weighted by atomic mass is 9.89. The summed E-state index contributed by atoms with van der Waals surface area (Å²) in [6.45, 7) is 4.30. The highest BCUT2D eigenvalue weighted by Crippen LogP contribution is 2.39. The lowest BCUT2D eigenvalue weighted by Gasteiger charge is -2.17. The Hall–Kier alpha value is -2.67. The molecule has 6 nitrogen and oxygen atoms in total. The summed E-state index contributed by atoms with van der Waals surface area (Å²) in [5.74, 6) is 0.686. The van der Waals surface area contributed by atoms with Crippen LogP contribution in [0, 0.1) is 24.2 Å². The van der Waals surface area contributed by atoms with E-state index in [1.54, 1.807) is 11.3 Å². The molecule has 0 fully saturated rings. The zero-order chi connectivity index (χ0) is 22.2. The predicted molar refractivity (Wildman–Crippen MR) is 131 cm³/mol. The minimum absolute atomic E-state index is 0.137. The predicted octanol–water partition coefficient (Wildman–Crippen LogP) is 5.56. The number of rotatable bonds is 5. The second-order valence-corrected chi connectivity index (χ2v) is 11.0. The summed E-state index contributed by atoms with van der Waals surface area (Å²) in [4.78, 5) is 14.8. The Kier molecular flexibility index (Phi) is 5.76. The Bertz CT molecular complexity index is 1340. The normalized spacial score (nSPS) is 15.5. The molecule has 1 aliphatic rings. The van der Waals surface area contributed by atoms with Crippen LogP contribution in [-0.4, -0.2) is 26.3 Å². The van der Waals surface area contributed by atoms with Crippen molar-refractivity contribution in [1.29, 1.82) is 5.26 Å². The van der Waals surface area contributed by atoms with Gasteiger partial charge in [-0.25, -0.2) is 0 Å². The van der Waals surface area contributed by atoms with Crippen LogP contribution in [-0.2, 0) is 17.6 Å². The van der Waals surface area contributed by atoms with Crippen molar-refractivity contribution in [2.24, 2.45) is 5.92 Å². The standard InChI is InChI=1S/C23H21N5OS3/c1-13-3-6-15(7-4-13)18-11-30-22-26-27-23(28(18)22)31-12-20(29)25-21-17(10-24)16-8-5-14(2)9-19(16)32-21/h3-4,6-7,11,14H,5,8-9,12H2,1-2H3,(H,25,29)/t14-/m0/s1. The van der Waals surface area contributed by atoms with Gasteiger partial charge >= 0.3 is 0 Å². The molecule has 0 saturated heterocycles. The molecule has 4 aromatic rings. The molecule has 1 aliphatic carbocycles. The van der Waals surface area contributed by atoms with Crippen molar-refractivity contribution in [2.45, 2.75) is 38.3 Å². The number of aryl methyl sites for hydroxylation is 1. The maximum atomic E-state index is 12.7. The number of anilines is 1. The molecule has 1 aromatic carbocycles. The molecule has 0 radical (unpaired) electrons. The van der Waals surface area contributed by atoms with Crippen molar-refractivity contribution < 1.29 is 4.79 Å². The third-order valence-corrected chi connectivity index (χ3v) is 8.59. The maximum Gasteiger partial charge on any atom is 0.235 e. The van der Waals surface area contributed by atoms with E-state index in [9.17, 15) is 10.1 Å². The molecule has 0 spiro atoms. The van der Waals surface area contributed by atoms with E-state index >= 15 is 0 Å². The van der Waals surface area contributed by atoms with Gasteiger partial charge in [0.05, 0.1) is 17.0 Å². The van der Waals surface area contributed by atoms with Crippen LogP contribution in [0.25, 0.3) is 16.2 Å². The Morgan fingerprint density at radius 2 is 2.16 bits per heavy atom. The fourth-order valence-electron chi connectivity index (χ4n) is 3.97. The van der Waals surface area contributed by atoms with Gasteiger partial charge in [0.2, 0.25) is 10.9 Å². The third-order valence-electron chi connectivity index (χ3n) is 5.68. The second kappa shape index (κ2) is 8.70. The highest BCUT2D eigenvalue weighted by Gasteiger charge is 2.25. The van der Waals surface area contributed by atoms with Crippen LogP contribution in [0.5, 0.6) is 0 Å². The lowest BCUT2D eigenvalue weighted by Crippen LogP contribution is -2.14. The SMILES string of the molecule is Cc1ccc(-c2csc3nnc(SCC(=O)Nc4sc5c(c4C#N)CC[C@H](C)C5)n23)cc1. The van der Waals surface area contributed by atoms with Gasteiger partial charge in [-0.2, -0.15) is 5.26 Å². The van der Waals surface area contributed by atoms with E-state index in [2.05, 4.69) is 65.1 Å². The number of thiazole rings is 1. The van der Waals surface area contributed by atoms with Crippen LogP contribution in [0.4, 0.5) is 5.00 Å². The number of nitriles is 1. The molecule has 5 rings (SSSR count). The van der Waals surface area contributed by atoms with Crippen molar-refractivity contribution in [3.63, 3.8) is 0 Å². The molecule has 0 unspecified atom stereocenters. The Morgan fingerprint density at radius 1 is 1.34 bits per heavy atom. The number of nitrogens with zero attached hydrogens (tertiary/aromatic N) is 4. The van der Waals surface area contributed by atoms with Gasteiger partial charge in [0.1, 0.15) is 11.1 Å². The number of carbonyl (C=O) groups excluding carboxylic acids is 1. The van der Waals surface area contributed by atoms with Gasteiger partial charge in [-0.3, -0.25) is 9.20 Å². The average molecular weight is 480 g/mol. The number of fused-ring (bicyclic) bond motifs is 2. The van der Waals surface area contributed by atoms with Gasteiger partial charge in [-0.05, 0) is 43.2 Å². The highest BCUT2D eigenvalue weighted by atomic mass is 32.2. The topological polar surface area (TPSA) is 83.1 Å². The number of carbonyl (C=O) groups is 1. The third kappa shape index (κ3) is 3.94. The lowest BCUT2D eigenvalue weighted by molar-refractivity contribution is -0.113. The van der Waals surface area contributed by atoms with E-state index in [0.717, 1.165) is 41.0 Å². The molecule has 1 amide bonds. The summed E-state index contributed by atoms with van der Waals surface area (Å²) in [6, 6.07) is 10.6. The minimum atomic E-state index is -0.137. The Morgan fingerprint density at radius 3 is 2.94 bits per heavy atom. The number of aromatic nitrogens is 3. The zero-order valence-corrected chi connectivity index (χ0v) is 20.2. The Balaban J connectivity index is 1.33. The quantitative estimate of drug-likeness (QED) is 0.379. The van der Waals surface area contributed by atoms with Gasteiger partial charge in [0, 0.05) is 10.3 Å². The monoisotopic (exact) mass is 479 g/mol. The van der Waals surface area contributed by atoms with Crippen molar-refractivity contribution in [2.75, 3.05) is 11.1 Å². The van der Waals surface area contributed by atoms with E-state index in [0.29, 0.717) is 21.6 Å². The fourth-order valence-corrected chi connectivity index (χ4v) is 6.98. The van der Waals surface area contributed by atoms with Crippen LogP contribution in [0.3, 0.4) is 0 Å². The van der Waals surface area contributed by atoms with Crippen LogP contribution in [0.2, 0.25) is 0 Å². The van der Waals surface area contributed by atoms with Crippen LogP contribution < -0.4 is 5.32 Å². The van der Waals surface area contributed by atoms with Gasteiger partial charge in [-0.1, -0.05) is 48.5 Å². The summed E-state index contributed by atoms with van der Waals surface area (Å²) >= 11 is 4.44. The van der Waals surface area contributed by atoms with E-state index < -0.39 is 0 Å². The largest absolute Gasteiger partial charge is 0.316 e. The van der Waals surface area contributed by atoms with E-state index in [1.807, 2.05) is 4.40 Å². The van der Waals surface area contributed by atoms with Gasteiger partial charge in [-0.15, -0.1) is 32.9 Å². The minimum Gasteiger partial charge on any atom is -0.316 e. The zero-order valence-electron chi connectivity index (χ0n) is 17.7. The van der Waals surface area contributed by atoms with Crippen molar-refractivity contribution >= 4 is 50.3 Å². The first kappa shape index (κ1) is 21.2. The first-order valence-electron chi connectivity index (χ1n) is 10.4. The molecule has 3 aromatic heterocycles. The molecule has 0 bridgehead atoms. The molecular weight excluding hydrogens is 458 g/mol. The number of thiophene rings is 1. The van der Waals surface area contributed by atoms with Crippen LogP contribution >= 0.6 is 34.4 Å².